The van der Waals surface area contributed by atoms with E-state index in [4.69, 9.17) is 10.3 Å². The number of nitrogens with two attached hydrogens (primary N) is 1. The zero-order valence-corrected chi connectivity index (χ0v) is 13.0. The lowest BCUT2D eigenvalue weighted by atomic mass is 9.87. The normalized spacial score (nSPS) is 13.5. The van der Waals surface area contributed by atoms with Crippen molar-refractivity contribution in [3.05, 3.63) is 30.4 Å². The van der Waals surface area contributed by atoms with Crippen molar-refractivity contribution < 1.29 is 4.52 Å². The van der Waals surface area contributed by atoms with Crippen molar-refractivity contribution in [1.29, 1.82) is 0 Å². The Bertz CT molecular complexity index is 413. The molecule has 0 aliphatic heterocycles. The third-order valence-electron chi connectivity index (χ3n) is 2.54. The molecule has 4 nitrogen and oxygen atoms in total. The van der Waals surface area contributed by atoms with E-state index in [9.17, 15) is 0 Å². The lowest BCUT2D eigenvalue weighted by Gasteiger charge is -2.23. The Morgan fingerprint density at radius 3 is 2.42 bits per heavy atom. The maximum atomic E-state index is 6.06. The molecule has 1 rings (SSSR count). The lowest BCUT2D eigenvalue weighted by molar-refractivity contribution is 0.252. The quantitative estimate of drug-likeness (QED) is 0.832. The van der Waals surface area contributed by atoms with Crippen LogP contribution in [-0.2, 0) is 0 Å². The maximum Gasteiger partial charge on any atom is 0.244 e. The van der Waals surface area contributed by atoms with E-state index in [1.165, 1.54) is 0 Å². The van der Waals surface area contributed by atoms with Gasteiger partial charge < -0.3 is 10.3 Å². The smallest absolute Gasteiger partial charge is 0.244 e. The van der Waals surface area contributed by atoms with Gasteiger partial charge in [0.25, 0.3) is 0 Å². The Balaban J connectivity index is 0.00000154. The molecule has 0 spiro atoms. The number of hydrogen-bond acceptors (Lipinski definition) is 4. The predicted octanol–water partition coefficient (Wildman–Crippen LogP) is 4.12. The van der Waals surface area contributed by atoms with Gasteiger partial charge in [0.15, 0.2) is 0 Å². The monoisotopic (exact) mass is 265 g/mol. The Hall–Kier alpha value is -1.42. The SMILES string of the molecule is C=C/C(=C\CC)c1noc(C(N)C(C)(C)C)n1.CC. The molecule has 0 fully saturated rings. The fourth-order valence-corrected chi connectivity index (χ4v) is 1.34. The van der Waals surface area contributed by atoms with E-state index in [0.29, 0.717) is 11.7 Å². The van der Waals surface area contributed by atoms with Crippen LogP contribution in [0.3, 0.4) is 0 Å². The Labute approximate surface area is 116 Å². The molecule has 0 aromatic carbocycles. The summed E-state index contributed by atoms with van der Waals surface area (Å²) in [6.45, 7) is 15.9. The molecule has 0 saturated heterocycles. The molecule has 0 aliphatic rings. The molecule has 4 heteroatoms. The Morgan fingerprint density at radius 1 is 1.42 bits per heavy atom. The van der Waals surface area contributed by atoms with Crippen molar-refractivity contribution in [2.75, 3.05) is 0 Å². The zero-order valence-electron chi connectivity index (χ0n) is 13.0. The molecular weight excluding hydrogens is 238 g/mol. The molecule has 19 heavy (non-hydrogen) atoms. The van der Waals surface area contributed by atoms with Crippen LogP contribution in [0.2, 0.25) is 0 Å². The summed E-state index contributed by atoms with van der Waals surface area (Å²) in [5, 5.41) is 3.93. The molecule has 0 amide bonds. The second-order valence-corrected chi connectivity index (χ2v) is 5.07. The van der Waals surface area contributed by atoms with E-state index < -0.39 is 0 Å². The van der Waals surface area contributed by atoms with Gasteiger partial charge in [-0.2, -0.15) is 4.98 Å². The van der Waals surface area contributed by atoms with Gasteiger partial charge in [-0.15, -0.1) is 0 Å². The van der Waals surface area contributed by atoms with E-state index >= 15 is 0 Å². The molecule has 1 aromatic heterocycles. The average molecular weight is 265 g/mol. The second-order valence-electron chi connectivity index (χ2n) is 5.07. The minimum Gasteiger partial charge on any atom is -0.337 e. The number of hydrogen-bond donors (Lipinski definition) is 1. The fraction of sp³-hybridized carbons (Fsp3) is 0.600. The first-order valence-electron chi connectivity index (χ1n) is 6.82. The van der Waals surface area contributed by atoms with Crippen LogP contribution in [0.15, 0.2) is 23.3 Å². The average Bonchev–Trinajstić information content (AvgIpc) is 2.85. The van der Waals surface area contributed by atoms with Crippen LogP contribution < -0.4 is 5.73 Å². The standard InChI is InChI=1S/C13H21N3O.C2H6/c1-6-8-9(7-2)11-15-12(17-16-11)10(14)13(3,4)5;1-2/h7-8,10H,2,6,14H2,1,3-5H3;1-2H3/b9-8+;. The molecule has 1 atom stereocenters. The summed E-state index contributed by atoms with van der Waals surface area (Å²) >= 11 is 0. The summed E-state index contributed by atoms with van der Waals surface area (Å²) in [7, 11) is 0. The number of allylic oxidation sites excluding steroid dienone is 3. The van der Waals surface area contributed by atoms with Crippen molar-refractivity contribution in [3.8, 4) is 0 Å². The van der Waals surface area contributed by atoms with Crippen molar-refractivity contribution >= 4 is 5.57 Å². The van der Waals surface area contributed by atoms with Crippen LogP contribution in [0.4, 0.5) is 0 Å². The van der Waals surface area contributed by atoms with Gasteiger partial charge in [0.05, 0.1) is 6.04 Å². The highest BCUT2D eigenvalue weighted by molar-refractivity contribution is 5.68. The maximum absolute atomic E-state index is 6.06. The van der Waals surface area contributed by atoms with Crippen molar-refractivity contribution in [3.63, 3.8) is 0 Å². The van der Waals surface area contributed by atoms with E-state index in [0.717, 1.165) is 12.0 Å². The van der Waals surface area contributed by atoms with Gasteiger partial charge in [0, 0.05) is 5.57 Å². The minimum atomic E-state index is -0.267. The van der Waals surface area contributed by atoms with Crippen molar-refractivity contribution in [2.45, 2.75) is 54.0 Å². The van der Waals surface area contributed by atoms with Crippen LogP contribution in [0, 0.1) is 5.41 Å². The highest BCUT2D eigenvalue weighted by Crippen LogP contribution is 2.29. The van der Waals surface area contributed by atoms with Crippen LogP contribution in [0.1, 0.15) is 65.7 Å². The third kappa shape index (κ3) is 4.99. The van der Waals surface area contributed by atoms with Gasteiger partial charge in [0.2, 0.25) is 11.7 Å². The summed E-state index contributed by atoms with van der Waals surface area (Å²) < 4.78 is 5.21. The molecule has 0 saturated carbocycles. The number of rotatable bonds is 4. The molecule has 2 N–H and O–H groups in total. The van der Waals surface area contributed by atoms with Gasteiger partial charge in [-0.3, -0.25) is 0 Å². The van der Waals surface area contributed by atoms with E-state index in [1.54, 1.807) is 6.08 Å². The van der Waals surface area contributed by atoms with Gasteiger partial charge in [-0.1, -0.05) is 65.4 Å². The van der Waals surface area contributed by atoms with Crippen LogP contribution in [0.25, 0.3) is 5.57 Å². The van der Waals surface area contributed by atoms with Crippen LogP contribution >= 0.6 is 0 Å². The summed E-state index contributed by atoms with van der Waals surface area (Å²) in [5.74, 6) is 1.02. The largest absolute Gasteiger partial charge is 0.337 e. The zero-order chi connectivity index (χ0) is 15.1. The molecule has 1 unspecified atom stereocenters. The summed E-state index contributed by atoms with van der Waals surface area (Å²) in [6.07, 6.45) is 4.63. The molecule has 0 aliphatic carbocycles. The Morgan fingerprint density at radius 2 is 2.00 bits per heavy atom. The molecule has 0 bridgehead atoms. The topological polar surface area (TPSA) is 64.9 Å². The summed E-state index contributed by atoms with van der Waals surface area (Å²) in [6, 6.07) is -0.267. The van der Waals surface area contributed by atoms with Gasteiger partial charge in [-0.25, -0.2) is 0 Å². The van der Waals surface area contributed by atoms with Gasteiger partial charge in [0.1, 0.15) is 0 Å². The molecular formula is C15H27N3O. The highest BCUT2D eigenvalue weighted by atomic mass is 16.5. The van der Waals surface area contributed by atoms with Crippen LogP contribution in [-0.4, -0.2) is 10.1 Å². The third-order valence-corrected chi connectivity index (χ3v) is 2.54. The Kier molecular flexibility index (Phi) is 7.30. The summed E-state index contributed by atoms with van der Waals surface area (Å²) in [4.78, 5) is 4.32. The first-order chi connectivity index (χ1) is 8.90. The van der Waals surface area contributed by atoms with E-state index in [2.05, 4.69) is 16.7 Å². The molecule has 1 heterocycles. The second kappa shape index (κ2) is 7.89. The fourth-order valence-electron chi connectivity index (χ4n) is 1.34. The van der Waals surface area contributed by atoms with Gasteiger partial charge >= 0.3 is 0 Å². The highest BCUT2D eigenvalue weighted by Gasteiger charge is 2.27. The van der Waals surface area contributed by atoms with E-state index in [1.807, 2.05) is 47.6 Å². The van der Waals surface area contributed by atoms with Crippen molar-refractivity contribution in [1.82, 2.24) is 10.1 Å². The molecule has 1 aromatic rings. The lowest BCUT2D eigenvalue weighted by Crippen LogP contribution is -2.26. The van der Waals surface area contributed by atoms with Crippen LogP contribution in [0.5, 0.6) is 0 Å². The predicted molar refractivity (Wildman–Crippen MR) is 80.5 cm³/mol. The van der Waals surface area contributed by atoms with Crippen molar-refractivity contribution in [2.24, 2.45) is 11.1 Å². The van der Waals surface area contributed by atoms with Gasteiger partial charge in [-0.05, 0) is 11.8 Å². The van der Waals surface area contributed by atoms with E-state index in [-0.39, 0.29) is 11.5 Å². The number of nitrogens with zero attached hydrogens (tertiary/aromatic N) is 2. The first-order valence-corrected chi connectivity index (χ1v) is 6.82. The first kappa shape index (κ1) is 17.6. The number of aromatic nitrogens is 2. The summed E-state index contributed by atoms with van der Waals surface area (Å²) in [5.41, 5.74) is 6.83. The minimum absolute atomic E-state index is 0.105. The molecule has 0 radical (unpaired) electrons. The molecule has 108 valence electrons.